The Morgan fingerprint density at radius 3 is 1.16 bits per heavy atom. The summed E-state index contributed by atoms with van der Waals surface area (Å²) in [4.78, 5) is 67.1. The molecule has 16 fully saturated rings. The molecular weight excluding hydrogens is 1610 g/mol. The van der Waals surface area contributed by atoms with Crippen LogP contribution in [0.3, 0.4) is 0 Å². The minimum atomic E-state index is -0.468. The molecule has 8 aromatic rings. The van der Waals surface area contributed by atoms with Crippen LogP contribution in [0.4, 0.5) is 4.39 Å². The van der Waals surface area contributed by atoms with E-state index >= 15 is 0 Å². The number of fused-ring (bicyclic) bond motifs is 24. The Hall–Kier alpha value is -7.00. The Kier molecular flexibility index (Phi) is 23.2. The van der Waals surface area contributed by atoms with E-state index in [9.17, 15) is 44.0 Å². The molecule has 0 spiro atoms. The van der Waals surface area contributed by atoms with Crippen molar-refractivity contribution in [1.29, 1.82) is 0 Å². The number of rotatable bonds is 12. The fourth-order valence-corrected chi connectivity index (χ4v) is 35.7. The van der Waals surface area contributed by atoms with Crippen LogP contribution < -0.4 is 0 Å². The largest absolute Gasteiger partial charge is 0.390 e. The Labute approximate surface area is 763 Å². The summed E-state index contributed by atoms with van der Waals surface area (Å²) in [7, 11) is 0. The highest BCUT2D eigenvalue weighted by molar-refractivity contribution is 5.87. The number of nitrogens with zero attached hydrogens (tertiary/aromatic N) is 11. The van der Waals surface area contributed by atoms with Gasteiger partial charge in [-0.15, -0.1) is 0 Å². The Morgan fingerprint density at radius 1 is 0.357 bits per heavy atom. The second-order valence-electron chi connectivity index (χ2n) is 48.5. The van der Waals surface area contributed by atoms with Gasteiger partial charge in [0.15, 0.2) is 34.4 Å². The minimum Gasteiger partial charge on any atom is -0.390 e. The summed E-state index contributed by atoms with van der Waals surface area (Å²) in [5.41, 5.74) is 1.95. The summed E-state index contributed by atoms with van der Waals surface area (Å²) in [6.07, 6.45) is 56.1. The average Bonchev–Trinajstić information content (AvgIpc) is 1.56. The summed E-state index contributed by atoms with van der Waals surface area (Å²) in [6.45, 7) is 19.2. The van der Waals surface area contributed by atoms with Gasteiger partial charge in [-0.25, -0.2) is 19.0 Å². The quantitative estimate of drug-likeness (QED) is 0.0886. The van der Waals surface area contributed by atoms with E-state index in [1.54, 1.807) is 51.1 Å². The molecule has 20 heteroatoms. The van der Waals surface area contributed by atoms with Crippen LogP contribution in [0.25, 0.3) is 43.9 Å². The van der Waals surface area contributed by atoms with Crippen molar-refractivity contribution < 1.29 is 44.0 Å². The maximum absolute atomic E-state index is 13.6. The van der Waals surface area contributed by atoms with Gasteiger partial charge >= 0.3 is 0 Å². The molecule has 16 saturated carbocycles. The number of carbonyl (C=O) groups is 4. The molecule has 4 N–H and O–H groups in total. The molecule has 0 amide bonds. The highest BCUT2D eigenvalue weighted by atomic mass is 19.1. The van der Waals surface area contributed by atoms with Gasteiger partial charge in [0.25, 0.3) is 0 Å². The van der Waals surface area contributed by atoms with Crippen molar-refractivity contribution >= 4 is 67.0 Å². The van der Waals surface area contributed by atoms with Crippen molar-refractivity contribution in [2.24, 2.45) is 164 Å². The summed E-state index contributed by atoms with van der Waals surface area (Å²) < 4.78 is 20.8. The highest BCUT2D eigenvalue weighted by Crippen LogP contribution is 2.70. The maximum atomic E-state index is 13.6. The van der Waals surface area contributed by atoms with Crippen molar-refractivity contribution in [3.05, 3.63) is 104 Å². The number of benzene rings is 1. The fourth-order valence-electron chi connectivity index (χ4n) is 35.7. The van der Waals surface area contributed by atoms with Crippen LogP contribution >= 0.6 is 0 Å². The zero-order valence-corrected chi connectivity index (χ0v) is 78.6. The molecule has 7 heterocycles. The number of Topliss-reactive ketones (excluding diaryl/α,β-unsaturated/α-hetero) is 4. The number of carbonyl (C=O) groups excluding carboxylic acids is 4. The zero-order valence-electron chi connectivity index (χ0n) is 78.6. The van der Waals surface area contributed by atoms with Crippen molar-refractivity contribution in [1.82, 2.24) is 54.1 Å². The molecule has 694 valence electrons. The summed E-state index contributed by atoms with van der Waals surface area (Å²) in [5.74, 6) is 16.8. The predicted molar refractivity (Wildman–Crippen MR) is 497 cm³/mol. The van der Waals surface area contributed by atoms with Crippen molar-refractivity contribution in [3.63, 3.8) is 0 Å². The Morgan fingerprint density at radius 2 is 0.729 bits per heavy atom. The van der Waals surface area contributed by atoms with Gasteiger partial charge < -0.3 is 20.4 Å². The van der Waals surface area contributed by atoms with Gasteiger partial charge in [-0.3, -0.25) is 38.2 Å². The van der Waals surface area contributed by atoms with Crippen LogP contribution in [0.5, 0.6) is 0 Å². The van der Waals surface area contributed by atoms with E-state index in [2.05, 4.69) is 63.0 Å². The summed E-state index contributed by atoms with van der Waals surface area (Å²) in [5, 5.41) is 64.3. The molecule has 16 aliphatic carbocycles. The first kappa shape index (κ1) is 88.6. The van der Waals surface area contributed by atoms with Gasteiger partial charge in [-0.1, -0.05) is 27.7 Å². The highest BCUT2D eigenvalue weighted by Gasteiger charge is 2.64. The number of aromatic nitrogens is 11. The number of aliphatic hydroxyl groups is 4. The fraction of sp³-hybridized carbons (Fsp3) is 0.734. The zero-order chi connectivity index (χ0) is 89.2. The third-order valence-electron chi connectivity index (χ3n) is 41.4. The van der Waals surface area contributed by atoms with E-state index in [0.29, 0.717) is 90.1 Å². The molecule has 1 aromatic carbocycles. The van der Waals surface area contributed by atoms with Gasteiger partial charge in [0.1, 0.15) is 24.4 Å². The van der Waals surface area contributed by atoms with Crippen LogP contribution in [-0.2, 0) is 45.4 Å². The van der Waals surface area contributed by atoms with E-state index in [1.807, 2.05) is 81.3 Å². The molecule has 16 aliphatic rings. The van der Waals surface area contributed by atoms with E-state index in [0.717, 1.165) is 198 Å². The molecule has 24 rings (SSSR count). The van der Waals surface area contributed by atoms with Crippen molar-refractivity contribution in [2.45, 2.75) is 335 Å². The first-order chi connectivity index (χ1) is 61.8. The number of hydrogen-bond acceptors (Lipinski definition) is 15. The lowest BCUT2D eigenvalue weighted by Crippen LogP contribution is -2.51. The Bertz CT molecular complexity index is 5250. The van der Waals surface area contributed by atoms with Crippen LogP contribution in [0, 0.1) is 170 Å². The monoisotopic (exact) mass is 1760 g/mol. The smallest absolute Gasteiger partial charge is 0.181 e. The molecule has 19 nitrogen and oxygen atoms in total. The second kappa shape index (κ2) is 33.8. The van der Waals surface area contributed by atoms with Crippen molar-refractivity contribution in [2.75, 3.05) is 0 Å². The maximum Gasteiger partial charge on any atom is 0.181 e. The van der Waals surface area contributed by atoms with Crippen LogP contribution in [-0.4, -0.2) is 120 Å². The first-order valence-corrected chi connectivity index (χ1v) is 51.7. The van der Waals surface area contributed by atoms with Crippen LogP contribution in [0.1, 0.15) is 287 Å². The molecule has 7 aromatic heterocycles. The molecule has 32 atom stereocenters. The normalized spacial score (nSPS) is 43.2. The van der Waals surface area contributed by atoms with Crippen molar-refractivity contribution in [3.8, 4) is 0 Å². The number of hydrogen-bond donors (Lipinski definition) is 4. The standard InChI is InChI=1S/C28H37FN2O2.3C27H37N3O2/c1-27(33)11-9-20-17(14-27)3-5-22-21(20)10-12-28(2)23(22)6-7-24(28)26(32)16-31-25-8-4-19(29)13-18(25)15-30-31;1-26(32)10-7-19-17(13-26)3-4-21-20(19)8-11-27(2)22(21)5-6-23(27)25(31)16-30-15-18-9-12-28-14-24(18)29-30;1-26(32)11-9-19-17(14-26)5-6-21-20(19)10-12-27(2)22(21)7-8-23(27)24(31)16-30-15-18-4-3-13-28-25(18)29-30;1-26(32)11-9-19-17(14-26)5-6-21-20(19)10-12-27(2)22(21)7-8-23(27)24(31)16-30-25-18(15-29-30)4-3-13-28-25/h4,8,13,15,17,20-24,33H,3,5-7,9-12,14,16H2,1-2H3;9,12,14-15,17,19-23,32H,3-8,10-11,13,16H2,1-2H3;2*3-4,13,15,17,19-23,32H,5-12,14,16H2,1-2H3/t17-,20+,21-,22-,23+,24-,27-,28+;3*17-,19+,20-,21-,22+,23-,26-,27+/m1111/s1. The van der Waals surface area contributed by atoms with E-state index < -0.39 is 22.4 Å². The van der Waals surface area contributed by atoms with Crippen LogP contribution in [0.15, 0.2) is 98.1 Å². The topological polar surface area (TPSA) is 259 Å². The molecular formula is C109H148FN11O8. The predicted octanol–water partition coefficient (Wildman–Crippen LogP) is 20.8. The lowest BCUT2D eigenvalue weighted by molar-refractivity contribution is -0.133. The molecule has 0 saturated heterocycles. The van der Waals surface area contributed by atoms with Gasteiger partial charge in [0, 0.05) is 76.2 Å². The average molecular weight is 1760 g/mol. The number of pyridine rings is 3. The Balaban J connectivity index is 0.000000104. The van der Waals surface area contributed by atoms with Crippen LogP contribution in [0.2, 0.25) is 0 Å². The molecule has 0 aliphatic heterocycles. The summed E-state index contributed by atoms with van der Waals surface area (Å²) >= 11 is 0. The lowest BCUT2D eigenvalue weighted by Gasteiger charge is -2.56. The summed E-state index contributed by atoms with van der Waals surface area (Å²) in [6, 6.07) is 14.5. The lowest BCUT2D eigenvalue weighted by atomic mass is 9.49. The second-order valence-corrected chi connectivity index (χ2v) is 48.5. The third kappa shape index (κ3) is 16.2. The van der Waals surface area contributed by atoms with E-state index in [1.165, 1.54) is 160 Å². The molecule has 0 bridgehead atoms. The molecule has 0 unspecified atom stereocenters. The van der Waals surface area contributed by atoms with Gasteiger partial charge in [-0.05, 0) is 447 Å². The van der Waals surface area contributed by atoms with Gasteiger partial charge in [0.2, 0.25) is 0 Å². The number of ketones is 4. The first-order valence-electron chi connectivity index (χ1n) is 51.7. The molecule has 129 heavy (non-hydrogen) atoms. The third-order valence-corrected chi connectivity index (χ3v) is 41.4. The van der Waals surface area contributed by atoms with E-state index in [4.69, 9.17) is 0 Å². The molecule has 0 radical (unpaired) electrons. The van der Waals surface area contributed by atoms with Gasteiger partial charge in [0.05, 0.1) is 59.6 Å². The SMILES string of the molecule is C[C@@]1(O)CC[C@H]2[C@H](CC[C@@H]3[C@@H]2CC[C@]2(C)[C@@H](C(=O)Cn4cc5cccnc5n4)CC[C@@H]32)C1.C[C@@]1(O)CC[C@H]2[C@H](CC[C@@H]3[C@@H]2CC[C@]2(C)[C@@H](C(=O)Cn4cc5ccncc5n4)CC[C@@H]32)C1.C[C@@]1(O)CC[C@H]2[C@H](CC[C@@H]3[C@@H]2CC[C@]2(C)[C@@H](C(=O)Cn4ncc5cc(F)ccc54)CC[C@@H]32)C1.C[C@@]1(O)CC[C@H]2[C@H](CC[C@@H]3[C@@H]2CC[C@]2(C)[C@@H](C(=O)Cn4ncc5cccnc54)CC[C@@H]32)C1. The minimum absolute atomic E-state index is 0.0975. The number of halogens is 1. The van der Waals surface area contributed by atoms with E-state index in [-0.39, 0.29) is 57.7 Å². The van der Waals surface area contributed by atoms with Gasteiger partial charge in [-0.2, -0.15) is 20.4 Å².